The van der Waals surface area contributed by atoms with E-state index in [4.69, 9.17) is 10.5 Å². The van der Waals surface area contributed by atoms with E-state index >= 15 is 0 Å². The molecule has 0 atom stereocenters. The third-order valence-corrected chi connectivity index (χ3v) is 2.19. The summed E-state index contributed by atoms with van der Waals surface area (Å²) in [6.07, 6.45) is 3.21. The molecule has 18 heavy (non-hydrogen) atoms. The lowest BCUT2D eigenvalue weighted by Crippen LogP contribution is -2.23. The molecule has 2 aromatic heterocycles. The van der Waals surface area contributed by atoms with Crippen molar-refractivity contribution in [1.29, 1.82) is 0 Å². The summed E-state index contributed by atoms with van der Waals surface area (Å²) in [5, 5.41) is 11.7. The monoisotopic (exact) mass is 250 g/mol. The highest BCUT2D eigenvalue weighted by atomic mass is 16.5. The first-order chi connectivity index (χ1) is 8.69. The van der Waals surface area contributed by atoms with E-state index < -0.39 is 0 Å². The average molecular weight is 250 g/mol. The molecule has 0 saturated carbocycles. The molecular formula is C10H14N6O2. The molecule has 0 aliphatic carbocycles. The fourth-order valence-corrected chi connectivity index (χ4v) is 1.41. The Morgan fingerprint density at radius 2 is 2.33 bits per heavy atom. The van der Waals surface area contributed by atoms with Crippen LogP contribution < -0.4 is 16.0 Å². The zero-order chi connectivity index (χ0) is 13.0. The Bertz CT molecular complexity index is 576. The molecule has 0 bridgehead atoms. The topological polar surface area (TPSA) is 101 Å². The summed E-state index contributed by atoms with van der Waals surface area (Å²) in [7, 11) is 1.76. The third kappa shape index (κ3) is 2.92. The third-order valence-electron chi connectivity index (χ3n) is 2.19. The summed E-state index contributed by atoms with van der Waals surface area (Å²) in [5.74, 6) is 0.417. The Hall–Kier alpha value is -2.22. The van der Waals surface area contributed by atoms with E-state index in [1.807, 2.05) is 0 Å². The van der Waals surface area contributed by atoms with Crippen molar-refractivity contribution in [3.05, 3.63) is 34.5 Å². The first-order valence-electron chi connectivity index (χ1n) is 5.44. The standard InChI is InChI=1S/C10H14N6O2/c1-15-6-8(13-14-15)7-16-10(17)4-9(5-12-16)18-3-2-11/h4-6H,2-3,7,11H2,1H3. The van der Waals surface area contributed by atoms with Crippen LogP contribution in [-0.2, 0) is 13.6 Å². The van der Waals surface area contributed by atoms with Gasteiger partial charge in [0.1, 0.15) is 18.1 Å². The average Bonchev–Trinajstić information content (AvgIpc) is 2.75. The molecule has 0 fully saturated rings. The summed E-state index contributed by atoms with van der Waals surface area (Å²) < 4.78 is 8.07. The second-order valence-corrected chi connectivity index (χ2v) is 3.71. The van der Waals surface area contributed by atoms with Gasteiger partial charge in [-0.15, -0.1) is 5.10 Å². The van der Waals surface area contributed by atoms with Gasteiger partial charge in [0.15, 0.2) is 0 Å². The fourth-order valence-electron chi connectivity index (χ4n) is 1.41. The van der Waals surface area contributed by atoms with E-state index in [-0.39, 0.29) is 12.1 Å². The van der Waals surface area contributed by atoms with Gasteiger partial charge in [-0.2, -0.15) is 5.10 Å². The largest absolute Gasteiger partial charge is 0.490 e. The minimum Gasteiger partial charge on any atom is -0.490 e. The van der Waals surface area contributed by atoms with Crippen LogP contribution >= 0.6 is 0 Å². The number of rotatable bonds is 5. The highest BCUT2D eigenvalue weighted by Crippen LogP contribution is 2.03. The molecule has 0 aromatic carbocycles. The molecule has 0 spiro atoms. The molecule has 0 aliphatic heterocycles. The Morgan fingerprint density at radius 1 is 1.50 bits per heavy atom. The minimum absolute atomic E-state index is 0.254. The van der Waals surface area contributed by atoms with Crippen LogP contribution in [0.5, 0.6) is 5.75 Å². The molecule has 0 unspecified atom stereocenters. The second-order valence-electron chi connectivity index (χ2n) is 3.71. The minimum atomic E-state index is -0.254. The van der Waals surface area contributed by atoms with Crippen LogP contribution in [0, 0.1) is 0 Å². The Kier molecular flexibility index (Phi) is 3.68. The van der Waals surface area contributed by atoms with Crippen LogP contribution in [0.3, 0.4) is 0 Å². The Labute approximate surface area is 103 Å². The van der Waals surface area contributed by atoms with Crippen LogP contribution in [-0.4, -0.2) is 37.9 Å². The zero-order valence-electron chi connectivity index (χ0n) is 9.98. The van der Waals surface area contributed by atoms with Crippen LogP contribution in [0.4, 0.5) is 0 Å². The van der Waals surface area contributed by atoms with Gasteiger partial charge >= 0.3 is 0 Å². The lowest BCUT2D eigenvalue weighted by Gasteiger charge is -2.05. The molecule has 2 aromatic rings. The number of hydrogen-bond acceptors (Lipinski definition) is 6. The highest BCUT2D eigenvalue weighted by Gasteiger charge is 2.04. The molecular weight excluding hydrogens is 236 g/mol. The second kappa shape index (κ2) is 5.41. The van der Waals surface area contributed by atoms with E-state index in [1.54, 1.807) is 17.9 Å². The molecule has 96 valence electrons. The van der Waals surface area contributed by atoms with Gasteiger partial charge in [-0.3, -0.25) is 9.48 Å². The molecule has 2 heterocycles. The van der Waals surface area contributed by atoms with Gasteiger partial charge in [-0.05, 0) is 0 Å². The first-order valence-corrected chi connectivity index (χ1v) is 5.44. The molecule has 0 amide bonds. The predicted octanol–water partition coefficient (Wildman–Crippen LogP) is -1.24. The van der Waals surface area contributed by atoms with Crippen molar-refractivity contribution in [2.45, 2.75) is 6.54 Å². The summed E-state index contributed by atoms with van der Waals surface area (Å²) >= 11 is 0. The molecule has 0 saturated heterocycles. The SMILES string of the molecule is Cn1cc(Cn2ncc(OCCN)cc2=O)nn1. The lowest BCUT2D eigenvalue weighted by molar-refractivity contribution is 0.324. The molecule has 8 nitrogen and oxygen atoms in total. The molecule has 2 N–H and O–H groups in total. The van der Waals surface area contributed by atoms with Gasteiger partial charge < -0.3 is 10.5 Å². The maximum atomic E-state index is 11.7. The highest BCUT2D eigenvalue weighted by molar-refractivity contribution is 5.14. The van der Waals surface area contributed by atoms with Gasteiger partial charge in [0, 0.05) is 19.7 Å². The van der Waals surface area contributed by atoms with Crippen molar-refractivity contribution >= 4 is 0 Å². The van der Waals surface area contributed by atoms with Crippen molar-refractivity contribution in [2.24, 2.45) is 12.8 Å². The normalized spacial score (nSPS) is 10.6. The quantitative estimate of drug-likeness (QED) is 0.712. The molecule has 2 rings (SSSR count). The van der Waals surface area contributed by atoms with E-state index in [9.17, 15) is 4.79 Å². The van der Waals surface area contributed by atoms with Crippen molar-refractivity contribution in [2.75, 3.05) is 13.2 Å². The number of nitrogens with zero attached hydrogens (tertiary/aromatic N) is 5. The smallest absolute Gasteiger partial charge is 0.270 e. The summed E-state index contributed by atoms with van der Waals surface area (Å²) in [5.41, 5.74) is 5.72. The van der Waals surface area contributed by atoms with E-state index in [2.05, 4.69) is 15.4 Å². The molecule has 0 aliphatic rings. The van der Waals surface area contributed by atoms with Gasteiger partial charge in [0.25, 0.3) is 5.56 Å². The zero-order valence-corrected chi connectivity index (χ0v) is 9.98. The van der Waals surface area contributed by atoms with Gasteiger partial charge in [-0.1, -0.05) is 5.21 Å². The van der Waals surface area contributed by atoms with E-state index in [0.717, 1.165) is 0 Å². The van der Waals surface area contributed by atoms with E-state index in [0.29, 0.717) is 24.6 Å². The lowest BCUT2D eigenvalue weighted by atomic mass is 10.4. The van der Waals surface area contributed by atoms with Gasteiger partial charge in [-0.25, -0.2) is 4.68 Å². The Balaban J connectivity index is 2.12. The van der Waals surface area contributed by atoms with Crippen molar-refractivity contribution in [3.63, 3.8) is 0 Å². The summed E-state index contributed by atoms with van der Waals surface area (Å²) in [6.45, 7) is 1.03. The van der Waals surface area contributed by atoms with E-state index in [1.165, 1.54) is 16.9 Å². The van der Waals surface area contributed by atoms with Crippen LogP contribution in [0.25, 0.3) is 0 Å². The molecule has 8 heteroatoms. The van der Waals surface area contributed by atoms with Gasteiger partial charge in [0.2, 0.25) is 0 Å². The number of nitrogens with two attached hydrogens (primary N) is 1. The number of hydrogen-bond donors (Lipinski definition) is 1. The Morgan fingerprint density at radius 3 is 2.94 bits per heavy atom. The predicted molar refractivity (Wildman–Crippen MR) is 63.2 cm³/mol. The van der Waals surface area contributed by atoms with Crippen LogP contribution in [0.1, 0.15) is 5.69 Å². The maximum Gasteiger partial charge on any atom is 0.270 e. The maximum absolute atomic E-state index is 11.7. The van der Waals surface area contributed by atoms with Crippen molar-refractivity contribution in [1.82, 2.24) is 24.8 Å². The van der Waals surface area contributed by atoms with Crippen molar-refractivity contribution < 1.29 is 4.74 Å². The van der Waals surface area contributed by atoms with Crippen LogP contribution in [0.15, 0.2) is 23.3 Å². The number of aryl methyl sites for hydroxylation is 1. The van der Waals surface area contributed by atoms with Crippen LogP contribution in [0.2, 0.25) is 0 Å². The summed E-state index contributed by atoms with van der Waals surface area (Å²) in [4.78, 5) is 11.7. The first kappa shape index (κ1) is 12.2. The number of aromatic nitrogens is 5. The molecule has 0 radical (unpaired) electrons. The summed E-state index contributed by atoms with van der Waals surface area (Å²) in [6, 6.07) is 1.37. The fraction of sp³-hybridized carbons (Fsp3) is 0.400. The van der Waals surface area contributed by atoms with Gasteiger partial charge in [0.05, 0.1) is 18.9 Å². The van der Waals surface area contributed by atoms with Crippen molar-refractivity contribution in [3.8, 4) is 5.75 Å². The number of ether oxygens (including phenoxy) is 1.